The molecule has 146 valence electrons. The number of hydrogen-bond donors (Lipinski definition) is 1. The molecule has 0 fully saturated rings. The number of amides is 1. The zero-order chi connectivity index (χ0) is 20.0. The van der Waals surface area contributed by atoms with Gasteiger partial charge >= 0.3 is 0 Å². The van der Waals surface area contributed by atoms with Gasteiger partial charge < -0.3 is 10.1 Å². The highest BCUT2D eigenvalue weighted by Gasteiger charge is 2.17. The number of nitrogens with zero attached hydrogens (tertiary/aromatic N) is 1. The second-order valence-electron chi connectivity index (χ2n) is 6.64. The quantitative estimate of drug-likeness (QED) is 0.703. The number of rotatable bonds is 8. The van der Waals surface area contributed by atoms with Crippen LogP contribution >= 0.6 is 0 Å². The van der Waals surface area contributed by atoms with E-state index in [1.807, 2.05) is 18.2 Å². The Labute approximate surface area is 161 Å². The fourth-order valence-corrected chi connectivity index (χ4v) is 3.29. The molecule has 27 heavy (non-hydrogen) atoms. The van der Waals surface area contributed by atoms with Crippen molar-refractivity contribution in [2.45, 2.75) is 24.7 Å². The molecule has 1 amide bonds. The third-order valence-electron chi connectivity index (χ3n) is 4.08. The molecule has 0 atom stereocenters. The molecule has 0 aliphatic carbocycles. The Morgan fingerprint density at radius 2 is 1.78 bits per heavy atom. The smallest absolute Gasteiger partial charge is 0.251 e. The molecular weight excluding hydrogens is 364 g/mol. The Kier molecular flexibility index (Phi) is 6.98. The predicted octanol–water partition coefficient (Wildman–Crippen LogP) is 2.87. The molecule has 0 saturated carbocycles. The summed E-state index contributed by atoms with van der Waals surface area (Å²) >= 11 is 0. The van der Waals surface area contributed by atoms with Crippen molar-refractivity contribution in [2.24, 2.45) is 0 Å². The maximum Gasteiger partial charge on any atom is 0.251 e. The molecule has 0 aliphatic rings. The molecule has 0 unspecified atom stereocenters. The number of sulfonamides is 1. The van der Waals surface area contributed by atoms with Crippen LogP contribution in [0.1, 0.15) is 35.7 Å². The minimum atomic E-state index is -3.50. The monoisotopic (exact) mass is 390 g/mol. The lowest BCUT2D eigenvalue weighted by Crippen LogP contribution is -2.28. The first kappa shape index (κ1) is 20.9. The molecule has 0 bridgehead atoms. The minimum absolute atomic E-state index is 0.150. The van der Waals surface area contributed by atoms with Crippen molar-refractivity contribution in [2.75, 3.05) is 27.2 Å². The van der Waals surface area contributed by atoms with Gasteiger partial charge in [0.25, 0.3) is 5.91 Å². The van der Waals surface area contributed by atoms with E-state index in [1.54, 1.807) is 0 Å². The molecule has 0 spiro atoms. The fourth-order valence-electron chi connectivity index (χ4n) is 2.39. The first-order valence-electron chi connectivity index (χ1n) is 8.75. The van der Waals surface area contributed by atoms with E-state index in [0.717, 1.165) is 10.1 Å². The van der Waals surface area contributed by atoms with E-state index in [1.165, 1.54) is 43.9 Å². The Morgan fingerprint density at radius 3 is 2.37 bits per heavy atom. The first-order valence-corrected chi connectivity index (χ1v) is 10.2. The average molecular weight is 391 g/mol. The normalized spacial score (nSPS) is 11.6. The predicted molar refractivity (Wildman–Crippen MR) is 106 cm³/mol. The second kappa shape index (κ2) is 9.01. The number of ether oxygens (including phenoxy) is 1. The molecule has 2 rings (SSSR count). The van der Waals surface area contributed by atoms with Crippen molar-refractivity contribution in [3.05, 3.63) is 59.7 Å². The summed E-state index contributed by atoms with van der Waals surface area (Å²) in [6, 6.07) is 13.7. The van der Waals surface area contributed by atoms with Gasteiger partial charge in [0.1, 0.15) is 12.4 Å². The van der Waals surface area contributed by atoms with Gasteiger partial charge in [-0.1, -0.05) is 26.0 Å². The van der Waals surface area contributed by atoms with Crippen LogP contribution in [0.3, 0.4) is 0 Å². The number of nitrogens with one attached hydrogen (secondary N) is 1. The van der Waals surface area contributed by atoms with Gasteiger partial charge in [-0.15, -0.1) is 0 Å². The lowest BCUT2D eigenvalue weighted by atomic mass is 10.0. The van der Waals surface area contributed by atoms with Crippen LogP contribution in [0.15, 0.2) is 53.4 Å². The van der Waals surface area contributed by atoms with Crippen LogP contribution in [0, 0.1) is 0 Å². The van der Waals surface area contributed by atoms with Crippen molar-refractivity contribution in [3.63, 3.8) is 0 Å². The van der Waals surface area contributed by atoms with Gasteiger partial charge in [0, 0.05) is 19.7 Å². The lowest BCUT2D eigenvalue weighted by Gasteiger charge is -2.12. The van der Waals surface area contributed by atoms with E-state index < -0.39 is 10.0 Å². The third kappa shape index (κ3) is 5.55. The van der Waals surface area contributed by atoms with E-state index in [2.05, 4.69) is 25.2 Å². The number of benzene rings is 2. The van der Waals surface area contributed by atoms with E-state index in [0.29, 0.717) is 24.6 Å². The maximum absolute atomic E-state index is 12.2. The van der Waals surface area contributed by atoms with Crippen LogP contribution < -0.4 is 10.1 Å². The molecule has 6 nitrogen and oxygen atoms in total. The summed E-state index contributed by atoms with van der Waals surface area (Å²) in [6.07, 6.45) is 0. The zero-order valence-corrected chi connectivity index (χ0v) is 16.9. The Morgan fingerprint density at radius 1 is 1.11 bits per heavy atom. The van der Waals surface area contributed by atoms with Crippen molar-refractivity contribution in [1.82, 2.24) is 9.62 Å². The van der Waals surface area contributed by atoms with Crippen LogP contribution in [0.2, 0.25) is 0 Å². The minimum Gasteiger partial charge on any atom is -0.492 e. The number of carbonyl (C=O) groups excluding carboxylic acids is 1. The second-order valence-corrected chi connectivity index (χ2v) is 8.80. The maximum atomic E-state index is 12.2. The van der Waals surface area contributed by atoms with Gasteiger partial charge in [-0.05, 0) is 47.9 Å². The summed E-state index contributed by atoms with van der Waals surface area (Å²) in [5.74, 6) is 0.921. The Balaban J connectivity index is 1.86. The van der Waals surface area contributed by atoms with Crippen molar-refractivity contribution < 1.29 is 17.9 Å². The zero-order valence-electron chi connectivity index (χ0n) is 16.1. The largest absolute Gasteiger partial charge is 0.492 e. The highest BCUT2D eigenvalue weighted by molar-refractivity contribution is 7.89. The van der Waals surface area contributed by atoms with Gasteiger partial charge in [-0.25, -0.2) is 12.7 Å². The lowest BCUT2D eigenvalue weighted by molar-refractivity contribution is 0.0947. The highest BCUT2D eigenvalue weighted by atomic mass is 32.2. The highest BCUT2D eigenvalue weighted by Crippen LogP contribution is 2.20. The molecule has 2 aromatic carbocycles. The standard InChI is InChI=1S/C20H26N2O4S/c1-15(2)17-6-5-7-18(14-17)26-13-12-21-20(23)16-8-10-19(11-9-16)27(24,25)22(3)4/h5-11,14-15H,12-13H2,1-4H3,(H,21,23). The van der Waals surface area contributed by atoms with Gasteiger partial charge in [-0.2, -0.15) is 0 Å². The first-order chi connectivity index (χ1) is 12.7. The number of carbonyl (C=O) groups is 1. The average Bonchev–Trinajstić information content (AvgIpc) is 2.65. The van der Waals surface area contributed by atoms with Crippen molar-refractivity contribution >= 4 is 15.9 Å². The van der Waals surface area contributed by atoms with Crippen LogP contribution in [0.25, 0.3) is 0 Å². The summed E-state index contributed by atoms with van der Waals surface area (Å²) in [5, 5.41) is 2.76. The van der Waals surface area contributed by atoms with Gasteiger partial charge in [0.2, 0.25) is 10.0 Å². The van der Waals surface area contributed by atoms with E-state index in [9.17, 15) is 13.2 Å². The van der Waals surface area contributed by atoms with Gasteiger partial charge in [0.15, 0.2) is 0 Å². The van der Waals surface area contributed by atoms with Crippen molar-refractivity contribution in [3.8, 4) is 5.75 Å². The van der Waals surface area contributed by atoms with Crippen LogP contribution in [0.4, 0.5) is 0 Å². The van der Waals surface area contributed by atoms with Gasteiger partial charge in [0.05, 0.1) is 11.4 Å². The summed E-state index contributed by atoms with van der Waals surface area (Å²) < 4.78 is 30.9. The van der Waals surface area contributed by atoms with E-state index in [4.69, 9.17) is 4.74 Å². The summed E-state index contributed by atoms with van der Waals surface area (Å²) in [5.41, 5.74) is 1.60. The topological polar surface area (TPSA) is 75.7 Å². The molecule has 0 saturated heterocycles. The Bertz CT molecular complexity index is 875. The molecule has 0 radical (unpaired) electrons. The molecule has 0 aliphatic heterocycles. The summed E-state index contributed by atoms with van der Waals surface area (Å²) in [7, 11) is -0.569. The van der Waals surface area contributed by atoms with Gasteiger partial charge in [-0.3, -0.25) is 4.79 Å². The Hall–Kier alpha value is -2.38. The van der Waals surface area contributed by atoms with Crippen LogP contribution in [-0.4, -0.2) is 45.9 Å². The molecule has 1 N–H and O–H groups in total. The summed E-state index contributed by atoms with van der Waals surface area (Å²) in [6.45, 7) is 4.94. The molecule has 0 heterocycles. The van der Waals surface area contributed by atoms with E-state index >= 15 is 0 Å². The molecule has 7 heteroatoms. The molecule has 2 aromatic rings. The molecular formula is C20H26N2O4S. The SMILES string of the molecule is CC(C)c1cccc(OCCNC(=O)c2ccc(S(=O)(=O)N(C)C)cc2)c1. The van der Waals surface area contributed by atoms with Crippen LogP contribution in [-0.2, 0) is 10.0 Å². The van der Waals surface area contributed by atoms with E-state index in [-0.39, 0.29) is 10.8 Å². The fraction of sp³-hybridized carbons (Fsp3) is 0.350. The van der Waals surface area contributed by atoms with Crippen LogP contribution in [0.5, 0.6) is 5.75 Å². The molecule has 0 aromatic heterocycles. The third-order valence-corrected chi connectivity index (χ3v) is 5.91. The summed E-state index contributed by atoms with van der Waals surface area (Å²) in [4.78, 5) is 12.3. The number of hydrogen-bond acceptors (Lipinski definition) is 4. The van der Waals surface area contributed by atoms with Crippen molar-refractivity contribution in [1.29, 1.82) is 0 Å².